The number of hydrogen-bond acceptors (Lipinski definition) is 4. The molecule has 3 atom stereocenters. The molecule has 1 fully saturated rings. The molecule has 204 valence electrons. The Balaban J connectivity index is 1.48. The van der Waals surface area contributed by atoms with Crippen LogP contribution in [0.2, 0.25) is 5.02 Å². The van der Waals surface area contributed by atoms with Crippen LogP contribution in [-0.4, -0.2) is 50.7 Å². The molecule has 3 aliphatic rings. The van der Waals surface area contributed by atoms with Gasteiger partial charge in [0.1, 0.15) is 12.4 Å². The van der Waals surface area contributed by atoms with Crippen molar-refractivity contribution in [1.29, 1.82) is 0 Å². The highest BCUT2D eigenvalue weighted by Gasteiger charge is 2.37. The zero-order valence-corrected chi connectivity index (χ0v) is 23.6. The number of fused-ring (bicyclic) bond motifs is 3. The third-order valence-corrected chi connectivity index (χ3v) is 8.91. The molecule has 0 unspecified atom stereocenters. The van der Waals surface area contributed by atoms with Crippen molar-refractivity contribution in [2.75, 3.05) is 38.7 Å². The summed E-state index contributed by atoms with van der Waals surface area (Å²) in [5, 5.41) is 0.784. The molecule has 0 radical (unpaired) electrons. The summed E-state index contributed by atoms with van der Waals surface area (Å²) >= 11 is 6.34. The van der Waals surface area contributed by atoms with Gasteiger partial charge in [0.25, 0.3) is 0 Å². The van der Waals surface area contributed by atoms with Crippen molar-refractivity contribution in [2.24, 2.45) is 11.8 Å². The first kappa shape index (κ1) is 27.1. The number of aryl methyl sites for hydroxylation is 2. The predicted molar refractivity (Wildman–Crippen MR) is 154 cm³/mol. The first-order valence-electron chi connectivity index (χ1n) is 14.2. The maximum atomic E-state index is 12.8. The van der Waals surface area contributed by atoms with Crippen LogP contribution in [-0.2, 0) is 29.0 Å². The lowest BCUT2D eigenvalue weighted by atomic mass is 9.70. The van der Waals surface area contributed by atoms with Gasteiger partial charge in [-0.1, -0.05) is 35.9 Å². The highest BCUT2D eigenvalue weighted by molar-refractivity contribution is 6.30. The van der Waals surface area contributed by atoms with Gasteiger partial charge in [-0.25, -0.2) is 0 Å². The number of benzene rings is 2. The lowest BCUT2D eigenvalue weighted by Crippen LogP contribution is -2.43. The number of amides is 1. The molecule has 2 aromatic rings. The Labute approximate surface area is 232 Å². The molecule has 5 rings (SSSR count). The van der Waals surface area contributed by atoms with Gasteiger partial charge in [-0.15, -0.1) is 0 Å². The number of nitrogens with zero attached hydrogens (tertiary/aromatic N) is 2. The Bertz CT molecular complexity index is 1150. The van der Waals surface area contributed by atoms with Gasteiger partial charge in [0.2, 0.25) is 5.91 Å². The normalized spacial score (nSPS) is 25.8. The van der Waals surface area contributed by atoms with E-state index in [9.17, 15) is 4.79 Å². The Morgan fingerprint density at radius 3 is 2.71 bits per heavy atom. The lowest BCUT2D eigenvalue weighted by molar-refractivity contribution is -0.129. The van der Waals surface area contributed by atoms with Gasteiger partial charge < -0.3 is 19.3 Å². The second kappa shape index (κ2) is 12.6. The van der Waals surface area contributed by atoms with Crippen molar-refractivity contribution in [3.8, 4) is 5.75 Å². The standard InChI is InChI=1S/C32H41ClN2O3/c1-34-17-5-4-8-30(37-2)28-14-12-25(28)21-35-18-6-3-7-24-20-27(33)13-11-26(24)22-38-31-15-9-23(19-29(31)35)10-16-32(34)36/h4,8-9,11,13,15,19-20,25,28,30H,3,5-7,10,12,14,16-18,21-22H2,1-2H3/b8-4+/t25-,28+,30-/m0/s1. The number of halogens is 1. The van der Waals surface area contributed by atoms with Crippen LogP contribution in [0.1, 0.15) is 55.2 Å². The van der Waals surface area contributed by atoms with Crippen LogP contribution in [0.3, 0.4) is 0 Å². The number of methoxy groups -OCH3 is 1. The quantitative estimate of drug-likeness (QED) is 0.393. The molecule has 0 spiro atoms. The molecule has 6 heteroatoms. The van der Waals surface area contributed by atoms with E-state index in [1.807, 2.05) is 25.1 Å². The number of anilines is 1. The number of carbonyl (C=O) groups is 1. The van der Waals surface area contributed by atoms with Gasteiger partial charge in [-0.05, 0) is 97.7 Å². The van der Waals surface area contributed by atoms with Gasteiger partial charge in [0, 0.05) is 45.2 Å². The molecule has 2 aliphatic heterocycles. The van der Waals surface area contributed by atoms with Crippen molar-refractivity contribution in [3.63, 3.8) is 0 Å². The zero-order chi connectivity index (χ0) is 26.5. The van der Waals surface area contributed by atoms with E-state index < -0.39 is 0 Å². The minimum atomic E-state index is 0.118. The van der Waals surface area contributed by atoms with E-state index in [1.165, 1.54) is 29.5 Å². The zero-order valence-electron chi connectivity index (χ0n) is 22.8. The maximum absolute atomic E-state index is 12.8. The highest BCUT2D eigenvalue weighted by atomic mass is 35.5. The third kappa shape index (κ3) is 6.38. The summed E-state index contributed by atoms with van der Waals surface area (Å²) in [6, 6.07) is 12.7. The van der Waals surface area contributed by atoms with E-state index in [1.54, 1.807) is 0 Å². The molecule has 1 aliphatic carbocycles. The molecule has 38 heavy (non-hydrogen) atoms. The van der Waals surface area contributed by atoms with E-state index >= 15 is 0 Å². The minimum absolute atomic E-state index is 0.118. The van der Waals surface area contributed by atoms with E-state index in [0.29, 0.717) is 24.9 Å². The number of carbonyl (C=O) groups excluding carboxylic acids is 1. The van der Waals surface area contributed by atoms with Crippen LogP contribution < -0.4 is 9.64 Å². The smallest absolute Gasteiger partial charge is 0.222 e. The van der Waals surface area contributed by atoms with E-state index in [0.717, 1.165) is 68.2 Å². The van der Waals surface area contributed by atoms with Gasteiger partial charge in [-0.3, -0.25) is 4.79 Å². The average molecular weight is 537 g/mol. The van der Waals surface area contributed by atoms with E-state index in [-0.39, 0.29) is 12.0 Å². The number of hydrogen-bond donors (Lipinski definition) is 0. The summed E-state index contributed by atoms with van der Waals surface area (Å²) in [6.07, 6.45) is 12.3. The summed E-state index contributed by atoms with van der Waals surface area (Å²) < 4.78 is 12.5. The lowest BCUT2D eigenvalue weighted by Gasteiger charge is -2.43. The average Bonchev–Trinajstić information content (AvgIpc) is 2.93. The minimum Gasteiger partial charge on any atom is -0.487 e. The Morgan fingerprint density at radius 2 is 1.89 bits per heavy atom. The van der Waals surface area contributed by atoms with Gasteiger partial charge in [0.15, 0.2) is 0 Å². The largest absolute Gasteiger partial charge is 0.487 e. The van der Waals surface area contributed by atoms with Crippen LogP contribution in [0.4, 0.5) is 5.69 Å². The van der Waals surface area contributed by atoms with Gasteiger partial charge in [-0.2, -0.15) is 0 Å². The van der Waals surface area contributed by atoms with Crippen molar-refractivity contribution in [2.45, 2.75) is 64.1 Å². The molecule has 1 saturated carbocycles. The number of ether oxygens (including phenoxy) is 2. The molecule has 2 heterocycles. The fourth-order valence-electron chi connectivity index (χ4n) is 6.14. The van der Waals surface area contributed by atoms with E-state index in [4.69, 9.17) is 21.1 Å². The first-order chi connectivity index (χ1) is 18.5. The summed E-state index contributed by atoms with van der Waals surface area (Å²) in [5.74, 6) is 2.20. The second-order valence-electron chi connectivity index (χ2n) is 11.1. The third-order valence-electron chi connectivity index (χ3n) is 8.68. The van der Waals surface area contributed by atoms with Crippen LogP contribution in [0, 0.1) is 11.8 Å². The second-order valence-corrected chi connectivity index (χ2v) is 11.6. The molecule has 1 amide bonds. The SMILES string of the molecule is CO[C@H]1/C=C/CCN(C)C(=O)CCc2ccc3c(c2)N(CCCCc2cc(Cl)ccc2CO3)C[C@@H]2CC[C@H]21. The van der Waals surface area contributed by atoms with Gasteiger partial charge in [0.05, 0.1) is 11.8 Å². The van der Waals surface area contributed by atoms with Crippen molar-refractivity contribution in [3.05, 3.63) is 70.3 Å². The molecule has 5 nitrogen and oxygen atoms in total. The topological polar surface area (TPSA) is 42.0 Å². The van der Waals surface area contributed by atoms with Crippen LogP contribution in [0.25, 0.3) is 0 Å². The summed E-state index contributed by atoms with van der Waals surface area (Å²) in [6.45, 7) is 3.24. The summed E-state index contributed by atoms with van der Waals surface area (Å²) in [7, 11) is 3.73. The van der Waals surface area contributed by atoms with Gasteiger partial charge >= 0.3 is 0 Å². The summed E-state index contributed by atoms with van der Waals surface area (Å²) in [5.41, 5.74) is 4.83. The molecule has 0 aromatic heterocycles. The highest BCUT2D eigenvalue weighted by Crippen LogP contribution is 2.41. The molecular weight excluding hydrogens is 496 g/mol. The monoisotopic (exact) mass is 536 g/mol. The van der Waals surface area contributed by atoms with Crippen LogP contribution in [0.5, 0.6) is 5.75 Å². The molecule has 2 bridgehead atoms. The van der Waals surface area contributed by atoms with Crippen molar-refractivity contribution >= 4 is 23.2 Å². The predicted octanol–water partition coefficient (Wildman–Crippen LogP) is 6.45. The Hall–Kier alpha value is -2.50. The molecule has 0 N–H and O–H groups in total. The fraction of sp³-hybridized carbons (Fsp3) is 0.531. The first-order valence-corrected chi connectivity index (χ1v) is 14.6. The van der Waals surface area contributed by atoms with Crippen LogP contribution in [0.15, 0.2) is 48.6 Å². The Morgan fingerprint density at radius 1 is 1.00 bits per heavy atom. The van der Waals surface area contributed by atoms with Crippen molar-refractivity contribution in [1.82, 2.24) is 4.90 Å². The number of rotatable bonds is 1. The molecular formula is C32H41ClN2O3. The maximum Gasteiger partial charge on any atom is 0.222 e. The van der Waals surface area contributed by atoms with Crippen LogP contribution >= 0.6 is 11.6 Å². The van der Waals surface area contributed by atoms with Crippen molar-refractivity contribution < 1.29 is 14.3 Å². The Kier molecular flexibility index (Phi) is 8.96. The summed E-state index contributed by atoms with van der Waals surface area (Å²) in [4.78, 5) is 17.2. The molecule has 2 aromatic carbocycles. The fourth-order valence-corrected chi connectivity index (χ4v) is 6.33. The van der Waals surface area contributed by atoms with E-state index in [2.05, 4.69) is 47.4 Å². The molecule has 0 saturated heterocycles.